The van der Waals surface area contributed by atoms with E-state index in [0.717, 1.165) is 6.08 Å². The molecule has 2 aromatic rings. The second kappa shape index (κ2) is 19.3. The van der Waals surface area contributed by atoms with Gasteiger partial charge in [-0.15, -0.1) is 6.58 Å². The second-order valence-electron chi connectivity index (χ2n) is 10.0. The van der Waals surface area contributed by atoms with Crippen molar-refractivity contribution in [2.45, 2.75) is 97.9 Å². The van der Waals surface area contributed by atoms with Gasteiger partial charge in [0.05, 0.1) is 35.8 Å². The lowest BCUT2D eigenvalue weighted by Crippen LogP contribution is -2.40. The van der Waals surface area contributed by atoms with Crippen molar-refractivity contribution in [3.05, 3.63) is 53.8 Å². The van der Waals surface area contributed by atoms with Crippen LogP contribution in [0.4, 0.5) is 23.8 Å². The highest BCUT2D eigenvalue weighted by molar-refractivity contribution is 5.71. The molecule has 1 saturated heterocycles. The number of aromatic amines is 1. The van der Waals surface area contributed by atoms with Crippen molar-refractivity contribution < 1.29 is 22.7 Å². The number of imidazole rings is 1. The van der Waals surface area contributed by atoms with Gasteiger partial charge < -0.3 is 14.6 Å². The van der Waals surface area contributed by atoms with Crippen LogP contribution in [0.5, 0.6) is 0 Å². The highest BCUT2D eigenvalue weighted by Gasteiger charge is 2.45. The SMILES string of the molecule is C=CC(CC/C=C/C#N)N1CC(CC)(CCN(C)c2ccc(-c3nc(=C/CC(F)(F)F)/c(=C\CC)[nH]3)cn2)OC1=O.CC.CC. The number of carbonyl (C=O) groups excluding carboxylic acids is 1. The number of carbonyl (C=O) groups is 1. The number of nitriles is 1. The summed E-state index contributed by atoms with van der Waals surface area (Å²) in [5, 5.41) is 9.49. The van der Waals surface area contributed by atoms with E-state index in [1.807, 2.05) is 71.7 Å². The zero-order chi connectivity index (χ0) is 34.0. The monoisotopic (exact) mass is 630 g/mol. The summed E-state index contributed by atoms with van der Waals surface area (Å²) in [7, 11) is 1.90. The number of cyclic esters (lactones) is 1. The number of alkyl halides is 3. The summed E-state index contributed by atoms with van der Waals surface area (Å²) >= 11 is 0. The number of nitrogens with one attached hydrogen (secondary N) is 1. The number of aromatic nitrogens is 3. The molecular weight excluding hydrogens is 581 g/mol. The number of anilines is 1. The van der Waals surface area contributed by atoms with Gasteiger partial charge in [-0.25, -0.2) is 14.8 Å². The molecule has 0 spiro atoms. The first kappa shape index (κ1) is 39.0. The van der Waals surface area contributed by atoms with Gasteiger partial charge in [0, 0.05) is 37.8 Å². The van der Waals surface area contributed by atoms with Crippen molar-refractivity contribution >= 4 is 24.1 Å². The molecule has 45 heavy (non-hydrogen) atoms. The van der Waals surface area contributed by atoms with Gasteiger partial charge in [0.2, 0.25) is 0 Å². The van der Waals surface area contributed by atoms with Gasteiger partial charge in [0.1, 0.15) is 17.2 Å². The summed E-state index contributed by atoms with van der Waals surface area (Å²) in [6.07, 6.45) is 6.96. The van der Waals surface area contributed by atoms with E-state index in [4.69, 9.17) is 10.00 Å². The fraction of sp³-hybridized carbons (Fsp3) is 0.529. The Morgan fingerprint density at radius 2 is 1.96 bits per heavy atom. The Bertz CT molecular complexity index is 1380. The first-order valence-electron chi connectivity index (χ1n) is 15.7. The molecule has 0 aliphatic carbocycles. The minimum atomic E-state index is -4.30. The topological polar surface area (TPSA) is 98.1 Å². The number of ether oxygens (including phenoxy) is 1. The van der Waals surface area contributed by atoms with E-state index in [9.17, 15) is 18.0 Å². The summed E-state index contributed by atoms with van der Waals surface area (Å²) in [5.74, 6) is 1.15. The Hall–Kier alpha value is -4.07. The van der Waals surface area contributed by atoms with Gasteiger partial charge in [-0.05, 0) is 43.9 Å². The lowest BCUT2D eigenvalue weighted by molar-refractivity contribution is -0.122. The van der Waals surface area contributed by atoms with Crippen LogP contribution in [-0.4, -0.2) is 63.9 Å². The zero-order valence-corrected chi connectivity index (χ0v) is 27.7. The molecule has 0 aromatic carbocycles. The molecule has 2 atom stereocenters. The molecule has 8 nitrogen and oxygen atoms in total. The molecule has 248 valence electrons. The number of rotatable bonds is 13. The number of H-pyrrole nitrogens is 1. The number of halogens is 3. The molecule has 0 saturated carbocycles. The average molecular weight is 631 g/mol. The number of hydrogen-bond donors (Lipinski definition) is 1. The predicted octanol–water partition coefficient (Wildman–Crippen LogP) is 7.29. The summed E-state index contributed by atoms with van der Waals surface area (Å²) < 4.78 is 44.1. The highest BCUT2D eigenvalue weighted by Crippen LogP contribution is 2.32. The maximum Gasteiger partial charge on any atom is 0.411 e. The summed E-state index contributed by atoms with van der Waals surface area (Å²) in [5.41, 5.74) is 0.0173. The Balaban J connectivity index is 0.00000243. The van der Waals surface area contributed by atoms with Crippen LogP contribution in [-0.2, 0) is 4.74 Å². The van der Waals surface area contributed by atoms with E-state index in [2.05, 4.69) is 21.5 Å². The maximum atomic E-state index is 12.8. The van der Waals surface area contributed by atoms with E-state index >= 15 is 0 Å². The Kier molecular flexibility index (Phi) is 16.7. The summed E-state index contributed by atoms with van der Waals surface area (Å²) in [6, 6.07) is 5.43. The van der Waals surface area contributed by atoms with Crippen LogP contribution in [0.3, 0.4) is 0 Å². The molecule has 2 aromatic heterocycles. The van der Waals surface area contributed by atoms with Gasteiger partial charge in [-0.1, -0.05) is 59.8 Å². The van der Waals surface area contributed by atoms with Crippen LogP contribution >= 0.6 is 0 Å². The lowest BCUT2D eigenvalue weighted by atomic mass is 9.95. The first-order valence-corrected chi connectivity index (χ1v) is 15.7. The third-order valence-corrected chi connectivity index (χ3v) is 7.15. The van der Waals surface area contributed by atoms with Crippen molar-refractivity contribution in [1.29, 1.82) is 5.26 Å². The van der Waals surface area contributed by atoms with Crippen molar-refractivity contribution in [3.8, 4) is 17.5 Å². The fourth-order valence-corrected chi connectivity index (χ4v) is 4.70. The predicted molar refractivity (Wildman–Crippen MR) is 176 cm³/mol. The van der Waals surface area contributed by atoms with Crippen LogP contribution in [0.2, 0.25) is 0 Å². The fourth-order valence-electron chi connectivity index (χ4n) is 4.70. The maximum absolute atomic E-state index is 12.8. The number of amides is 1. The van der Waals surface area contributed by atoms with Crippen molar-refractivity contribution in [3.63, 3.8) is 0 Å². The van der Waals surface area contributed by atoms with Crippen LogP contribution in [0.25, 0.3) is 23.5 Å². The van der Waals surface area contributed by atoms with E-state index < -0.39 is 18.2 Å². The van der Waals surface area contributed by atoms with Crippen LogP contribution < -0.4 is 15.6 Å². The molecule has 0 bridgehead atoms. The molecule has 1 amide bonds. The molecule has 1 aliphatic heterocycles. The minimum absolute atomic E-state index is 0.185. The molecular formula is C34H49F3N6O2. The lowest BCUT2D eigenvalue weighted by Gasteiger charge is -2.29. The van der Waals surface area contributed by atoms with Crippen LogP contribution in [0, 0.1) is 11.3 Å². The van der Waals surface area contributed by atoms with E-state index in [0.29, 0.717) is 67.7 Å². The summed E-state index contributed by atoms with van der Waals surface area (Å²) in [6.45, 7) is 16.8. The normalized spacial score (nSPS) is 17.6. The molecule has 1 aliphatic rings. The molecule has 2 unspecified atom stereocenters. The molecule has 1 fully saturated rings. The third-order valence-electron chi connectivity index (χ3n) is 7.15. The van der Waals surface area contributed by atoms with Gasteiger partial charge in [0.15, 0.2) is 0 Å². The smallest absolute Gasteiger partial charge is 0.411 e. The number of nitrogens with zero attached hydrogens (tertiary/aromatic N) is 5. The van der Waals surface area contributed by atoms with Crippen molar-refractivity contribution in [2.24, 2.45) is 0 Å². The highest BCUT2D eigenvalue weighted by atomic mass is 19.4. The molecule has 3 heterocycles. The second-order valence-corrected chi connectivity index (χ2v) is 10.0. The van der Waals surface area contributed by atoms with Gasteiger partial charge >= 0.3 is 12.3 Å². The van der Waals surface area contributed by atoms with E-state index in [1.54, 1.807) is 29.3 Å². The number of allylic oxidation sites excluding steroid dienone is 2. The third kappa shape index (κ3) is 11.7. The quantitative estimate of drug-likeness (QED) is 0.184. The van der Waals surface area contributed by atoms with Gasteiger partial charge in [-0.3, -0.25) is 4.90 Å². The zero-order valence-electron chi connectivity index (χ0n) is 27.7. The molecule has 1 N–H and O–H groups in total. The Morgan fingerprint density at radius 1 is 1.24 bits per heavy atom. The van der Waals surface area contributed by atoms with Crippen molar-refractivity contribution in [1.82, 2.24) is 19.9 Å². The number of hydrogen-bond acceptors (Lipinski definition) is 6. The Labute approximate surface area is 266 Å². The molecule has 3 rings (SSSR count). The number of pyridine rings is 1. The molecule has 11 heteroatoms. The first-order chi connectivity index (χ1) is 21.5. The van der Waals surface area contributed by atoms with Gasteiger partial charge in [0.25, 0.3) is 0 Å². The van der Waals surface area contributed by atoms with Crippen LogP contribution in [0.1, 0.15) is 80.1 Å². The van der Waals surface area contributed by atoms with E-state index in [1.165, 1.54) is 6.08 Å². The standard InChI is InChI=1S/C30H37F3N6O2.2C2H6/c1-5-11-24-25(15-16-30(31,32)33)37-27(36-24)22-13-14-26(35-20-22)38(4)19-17-29(7-3)21-39(28(40)41-29)23(6-2)12-9-8-10-18-34;2*1-2/h6,8,10-11,13-15,20,23H,2,5,7,9,12,16-17,19,21H2,1,3-4H3,(H,36,37);2*1-2H3/b10-8+,24-11+,25-15+;;. The van der Waals surface area contributed by atoms with Crippen LogP contribution in [0.15, 0.2) is 43.1 Å². The summed E-state index contributed by atoms with van der Waals surface area (Å²) in [4.78, 5) is 28.5. The minimum Gasteiger partial charge on any atom is -0.441 e. The largest absolute Gasteiger partial charge is 0.441 e. The van der Waals surface area contributed by atoms with Crippen molar-refractivity contribution in [2.75, 3.05) is 25.0 Å². The van der Waals surface area contributed by atoms with E-state index in [-0.39, 0.29) is 17.5 Å². The average Bonchev–Trinajstić information content (AvgIpc) is 3.61. The molecule has 0 radical (unpaired) electrons. The Morgan fingerprint density at radius 3 is 2.51 bits per heavy atom. The van der Waals surface area contributed by atoms with Gasteiger partial charge in [-0.2, -0.15) is 18.4 Å².